The van der Waals surface area contributed by atoms with Gasteiger partial charge in [-0.25, -0.2) is 4.98 Å². The topological polar surface area (TPSA) is 33.5 Å². The van der Waals surface area contributed by atoms with Gasteiger partial charge in [0, 0.05) is 61.1 Å². The van der Waals surface area contributed by atoms with Crippen molar-refractivity contribution >= 4 is 38.9 Å². The van der Waals surface area contributed by atoms with Gasteiger partial charge in [0.15, 0.2) is 0 Å². The van der Waals surface area contributed by atoms with Gasteiger partial charge < -0.3 is 19.1 Å². The van der Waals surface area contributed by atoms with E-state index in [4.69, 9.17) is 9.72 Å². The Kier molecular flexibility index (Phi) is 13.9. The maximum Gasteiger partial charge on any atom is 0.135 e. The molecular formula is C72H61N4OPt-3. The summed E-state index contributed by atoms with van der Waals surface area (Å²) in [5.41, 5.74) is 15.7. The Labute approximate surface area is 474 Å². The third-order valence-corrected chi connectivity index (χ3v) is 15.5. The molecule has 6 heteroatoms. The van der Waals surface area contributed by atoms with Crippen LogP contribution >= 0.6 is 0 Å². The molecule has 0 spiro atoms. The first-order valence-electron chi connectivity index (χ1n) is 26.6. The van der Waals surface area contributed by atoms with E-state index in [1.54, 1.807) is 0 Å². The standard InChI is InChI=1S/C72H61N4O.Pt/c1-70(2,3)57-37-38-73-69(45-57)76-66-36-33-53(50-23-13-8-14-24-50)41-65(66)64-35-34-62(47-67(64)76)77-63-44-59(72(6,7)56-31-21-12-22-32-56)43-61(46-63)75-49-74(48-68(75)52-27-17-10-18-28-52)60-40-54(51-25-15-9-16-26-51)39-58(42-60)71(4,5)55-29-19-11-20-30-55;/h8-45,48-49H,1-7H3;/q-3;. The second-order valence-electron chi connectivity index (χ2n) is 22.3. The predicted molar refractivity (Wildman–Crippen MR) is 320 cm³/mol. The van der Waals surface area contributed by atoms with Crippen molar-refractivity contribution in [3.05, 3.63) is 289 Å². The van der Waals surface area contributed by atoms with Crippen molar-refractivity contribution in [1.29, 1.82) is 0 Å². The second kappa shape index (κ2) is 20.9. The fourth-order valence-electron chi connectivity index (χ4n) is 10.8. The van der Waals surface area contributed by atoms with Crippen molar-refractivity contribution in [3.8, 4) is 39.6 Å². The number of rotatable bonds is 12. The van der Waals surface area contributed by atoms with E-state index >= 15 is 0 Å². The normalized spacial score (nSPS) is 12.9. The number of pyridine rings is 1. The molecule has 388 valence electrons. The Hall–Kier alpha value is -8.24. The number of ether oxygens (including phenoxy) is 1. The summed E-state index contributed by atoms with van der Waals surface area (Å²) in [5, 5.41) is 2.18. The van der Waals surface area contributed by atoms with Crippen LogP contribution in [0.5, 0.6) is 11.5 Å². The van der Waals surface area contributed by atoms with Crippen LogP contribution in [0.3, 0.4) is 0 Å². The Morgan fingerprint density at radius 3 is 1.64 bits per heavy atom. The molecule has 0 unspecified atom stereocenters. The number of aromatic nitrogens is 2. The van der Waals surface area contributed by atoms with E-state index in [1.807, 2.05) is 12.3 Å². The van der Waals surface area contributed by atoms with E-state index in [9.17, 15) is 0 Å². The van der Waals surface area contributed by atoms with Crippen molar-refractivity contribution in [2.75, 3.05) is 9.80 Å². The van der Waals surface area contributed by atoms with Gasteiger partial charge in [0.1, 0.15) is 5.82 Å². The van der Waals surface area contributed by atoms with Crippen LogP contribution in [0.1, 0.15) is 81.8 Å². The fourth-order valence-corrected chi connectivity index (χ4v) is 10.8. The van der Waals surface area contributed by atoms with Crippen LogP contribution in [0.15, 0.2) is 237 Å². The van der Waals surface area contributed by atoms with Gasteiger partial charge in [-0.2, -0.15) is 6.07 Å². The van der Waals surface area contributed by atoms with Crippen LogP contribution in [0.4, 0.5) is 11.4 Å². The second-order valence-corrected chi connectivity index (χ2v) is 22.3. The van der Waals surface area contributed by atoms with Crippen LogP contribution < -0.4 is 14.5 Å². The largest absolute Gasteiger partial charge is 0.509 e. The summed E-state index contributed by atoms with van der Waals surface area (Å²) >= 11 is 0. The Balaban J connectivity index is 0.00000645. The molecule has 0 saturated carbocycles. The minimum absolute atomic E-state index is 0. The maximum absolute atomic E-state index is 7.11. The van der Waals surface area contributed by atoms with E-state index in [2.05, 4.69) is 306 Å². The van der Waals surface area contributed by atoms with E-state index in [-0.39, 0.29) is 31.9 Å². The molecule has 12 rings (SSSR count). The van der Waals surface area contributed by atoms with Gasteiger partial charge in [-0.05, 0) is 103 Å². The number of benzene rings is 9. The van der Waals surface area contributed by atoms with Crippen molar-refractivity contribution < 1.29 is 25.8 Å². The molecule has 0 N–H and O–H groups in total. The van der Waals surface area contributed by atoms with Crippen molar-refractivity contribution in [1.82, 2.24) is 9.55 Å². The molecule has 0 fully saturated rings. The Bertz CT molecular complexity index is 3960. The molecule has 5 nitrogen and oxygen atoms in total. The van der Waals surface area contributed by atoms with Crippen molar-refractivity contribution in [2.24, 2.45) is 0 Å². The molecule has 0 amide bonds. The van der Waals surface area contributed by atoms with Gasteiger partial charge in [0.2, 0.25) is 0 Å². The summed E-state index contributed by atoms with van der Waals surface area (Å²) in [5.74, 6) is 1.99. The summed E-state index contributed by atoms with van der Waals surface area (Å²) in [6, 6.07) is 87.6. The molecule has 2 aromatic heterocycles. The summed E-state index contributed by atoms with van der Waals surface area (Å²) in [7, 11) is 0. The van der Waals surface area contributed by atoms with Crippen LogP contribution in [0.25, 0.3) is 55.6 Å². The molecule has 0 radical (unpaired) electrons. The molecule has 0 bridgehead atoms. The van der Waals surface area contributed by atoms with Crippen LogP contribution in [-0.2, 0) is 37.3 Å². The predicted octanol–water partition coefficient (Wildman–Crippen LogP) is 18.3. The quantitative estimate of drug-likeness (QED) is 0.114. The van der Waals surface area contributed by atoms with Crippen LogP contribution in [0, 0.1) is 18.8 Å². The zero-order valence-electron chi connectivity index (χ0n) is 45.1. The molecular weight excluding hydrogens is 1130 g/mol. The molecule has 78 heavy (non-hydrogen) atoms. The molecule has 0 saturated heterocycles. The van der Waals surface area contributed by atoms with Gasteiger partial charge in [-0.3, -0.25) is 0 Å². The SMILES string of the molecule is CC(C)(C)c1ccnc(-n2c3[c-]c(Oc4[c-]c(N5[CH-]N(c6cc(-c7ccccc7)cc(C(C)(C)c7ccccc7)c6)C=C5c5ccccc5)cc(C(C)(C)c5ccccc5)c4)ccc3c3cc(-c4ccccc4)ccc32)c1.[Pt]. The first kappa shape index (κ1) is 51.8. The number of nitrogens with zero attached hydrogens (tertiary/aromatic N) is 4. The third kappa shape index (κ3) is 10.0. The molecule has 11 aromatic rings. The number of fused-ring (bicyclic) bond motifs is 3. The minimum atomic E-state index is -0.415. The fraction of sp³-hybridized carbons (Fsp3) is 0.139. The summed E-state index contributed by atoms with van der Waals surface area (Å²) in [4.78, 5) is 9.52. The molecule has 9 aromatic carbocycles. The smallest absolute Gasteiger partial charge is 0.135 e. The summed E-state index contributed by atoms with van der Waals surface area (Å²) in [6.45, 7) is 18.1. The Morgan fingerprint density at radius 1 is 0.449 bits per heavy atom. The van der Waals surface area contributed by atoms with Crippen LogP contribution in [0.2, 0.25) is 0 Å². The van der Waals surface area contributed by atoms with Gasteiger partial charge in [0.25, 0.3) is 0 Å². The number of hydrogen-bond acceptors (Lipinski definition) is 4. The zero-order valence-corrected chi connectivity index (χ0v) is 47.4. The average Bonchev–Trinajstić information content (AvgIpc) is 4.15. The zero-order chi connectivity index (χ0) is 52.9. The summed E-state index contributed by atoms with van der Waals surface area (Å²) in [6.07, 6.45) is 4.16. The van der Waals surface area contributed by atoms with E-state index in [0.29, 0.717) is 11.5 Å². The van der Waals surface area contributed by atoms with Crippen molar-refractivity contribution in [2.45, 2.75) is 64.7 Å². The minimum Gasteiger partial charge on any atom is -0.509 e. The molecule has 3 heterocycles. The molecule has 0 aliphatic carbocycles. The van der Waals surface area contributed by atoms with Crippen LogP contribution in [-0.4, -0.2) is 9.55 Å². The van der Waals surface area contributed by atoms with Gasteiger partial charge >= 0.3 is 0 Å². The van der Waals surface area contributed by atoms with Crippen molar-refractivity contribution in [3.63, 3.8) is 0 Å². The summed E-state index contributed by atoms with van der Waals surface area (Å²) < 4.78 is 9.34. The molecule has 1 aliphatic rings. The third-order valence-electron chi connectivity index (χ3n) is 15.5. The van der Waals surface area contributed by atoms with E-state index in [0.717, 1.165) is 78.1 Å². The van der Waals surface area contributed by atoms with E-state index < -0.39 is 5.41 Å². The first-order valence-corrected chi connectivity index (χ1v) is 26.6. The Morgan fingerprint density at radius 2 is 1.03 bits per heavy atom. The number of anilines is 2. The maximum atomic E-state index is 7.11. The monoisotopic (exact) mass is 1190 g/mol. The van der Waals surface area contributed by atoms with Gasteiger partial charge in [-0.15, -0.1) is 53.6 Å². The molecule has 0 atom stereocenters. The average molecular weight is 1190 g/mol. The van der Waals surface area contributed by atoms with E-state index in [1.165, 1.54) is 22.3 Å². The molecule has 1 aliphatic heterocycles. The first-order chi connectivity index (χ1) is 37.3. The van der Waals surface area contributed by atoms with Gasteiger partial charge in [0.05, 0.1) is 0 Å². The van der Waals surface area contributed by atoms with Gasteiger partial charge in [-0.1, -0.05) is 224 Å². The number of hydrogen-bond donors (Lipinski definition) is 0.